The van der Waals surface area contributed by atoms with Crippen molar-refractivity contribution in [1.82, 2.24) is 15.2 Å². The second-order valence-corrected chi connectivity index (χ2v) is 6.84. The van der Waals surface area contributed by atoms with E-state index in [1.807, 2.05) is 18.2 Å². The van der Waals surface area contributed by atoms with Crippen molar-refractivity contribution in [2.75, 3.05) is 18.0 Å². The van der Waals surface area contributed by atoms with Crippen LogP contribution >= 0.6 is 11.3 Å². The lowest BCUT2D eigenvalue weighted by Gasteiger charge is -2.15. The van der Waals surface area contributed by atoms with Gasteiger partial charge in [-0.3, -0.25) is 4.98 Å². The second kappa shape index (κ2) is 6.97. The Hall–Kier alpha value is -2.47. The van der Waals surface area contributed by atoms with Crippen molar-refractivity contribution in [3.63, 3.8) is 0 Å². The molecule has 0 radical (unpaired) electrons. The van der Waals surface area contributed by atoms with Gasteiger partial charge in [-0.15, -0.1) is 10.2 Å². The van der Waals surface area contributed by atoms with Crippen molar-refractivity contribution in [2.24, 2.45) is 0 Å². The zero-order chi connectivity index (χ0) is 16.2. The molecular weight excluding hydrogens is 320 g/mol. The third kappa shape index (κ3) is 3.54. The SMILES string of the molecule is c1ccc(Cc2nnc(N3CCC(Oc4ccncc4)C3)s2)cc1. The van der Waals surface area contributed by atoms with Gasteiger partial charge < -0.3 is 9.64 Å². The molecule has 0 spiro atoms. The Kier molecular flexibility index (Phi) is 4.38. The molecule has 0 saturated carbocycles. The normalized spacial score (nSPS) is 17.2. The van der Waals surface area contributed by atoms with E-state index in [0.29, 0.717) is 0 Å². The van der Waals surface area contributed by atoms with Crippen molar-refractivity contribution in [3.8, 4) is 5.75 Å². The van der Waals surface area contributed by atoms with E-state index >= 15 is 0 Å². The first-order valence-corrected chi connectivity index (χ1v) is 8.86. The summed E-state index contributed by atoms with van der Waals surface area (Å²) in [5.74, 6) is 0.874. The van der Waals surface area contributed by atoms with Crippen LogP contribution in [0, 0.1) is 0 Å². The number of hydrogen-bond acceptors (Lipinski definition) is 6. The standard InChI is InChI=1S/C18H18N4OS/c1-2-4-14(5-3-1)12-17-20-21-18(24-17)22-11-8-16(13-22)23-15-6-9-19-10-7-15/h1-7,9-10,16H,8,11-13H2. The van der Waals surface area contributed by atoms with Gasteiger partial charge in [0.05, 0.1) is 6.54 Å². The Morgan fingerprint density at radius 2 is 1.92 bits per heavy atom. The van der Waals surface area contributed by atoms with Crippen LogP contribution in [-0.2, 0) is 6.42 Å². The molecule has 0 N–H and O–H groups in total. The number of nitrogens with zero attached hydrogens (tertiary/aromatic N) is 4. The van der Waals surface area contributed by atoms with Gasteiger partial charge in [0.15, 0.2) is 0 Å². The molecule has 1 fully saturated rings. The molecule has 3 aromatic rings. The Labute approximate surface area is 145 Å². The summed E-state index contributed by atoms with van der Waals surface area (Å²) in [6.07, 6.45) is 5.53. The summed E-state index contributed by atoms with van der Waals surface area (Å²) in [5.41, 5.74) is 1.26. The van der Waals surface area contributed by atoms with Crippen molar-refractivity contribution in [1.29, 1.82) is 0 Å². The number of benzene rings is 1. The van der Waals surface area contributed by atoms with Crippen LogP contribution < -0.4 is 9.64 Å². The molecule has 2 aromatic heterocycles. The molecule has 0 aliphatic carbocycles. The van der Waals surface area contributed by atoms with E-state index in [9.17, 15) is 0 Å². The average molecular weight is 338 g/mol. The lowest BCUT2D eigenvalue weighted by molar-refractivity contribution is 0.224. The summed E-state index contributed by atoms with van der Waals surface area (Å²) >= 11 is 1.67. The van der Waals surface area contributed by atoms with E-state index < -0.39 is 0 Å². The third-order valence-corrected chi connectivity index (χ3v) is 5.01. The van der Waals surface area contributed by atoms with E-state index in [4.69, 9.17) is 4.74 Å². The lowest BCUT2D eigenvalue weighted by Crippen LogP contribution is -2.24. The molecule has 1 aliphatic rings. The van der Waals surface area contributed by atoms with Crippen molar-refractivity contribution >= 4 is 16.5 Å². The molecule has 1 unspecified atom stereocenters. The molecule has 4 rings (SSSR count). The second-order valence-electron chi connectivity index (χ2n) is 5.80. The van der Waals surface area contributed by atoms with Gasteiger partial charge >= 0.3 is 0 Å². The van der Waals surface area contributed by atoms with Crippen molar-refractivity contribution < 1.29 is 4.74 Å². The van der Waals surface area contributed by atoms with Gasteiger partial charge in [-0.1, -0.05) is 41.7 Å². The highest BCUT2D eigenvalue weighted by molar-refractivity contribution is 7.15. The van der Waals surface area contributed by atoms with Gasteiger partial charge in [0.25, 0.3) is 0 Å². The maximum absolute atomic E-state index is 6.00. The minimum Gasteiger partial charge on any atom is -0.488 e. The molecule has 0 amide bonds. The maximum Gasteiger partial charge on any atom is 0.208 e. The average Bonchev–Trinajstić information content (AvgIpc) is 3.26. The van der Waals surface area contributed by atoms with E-state index in [-0.39, 0.29) is 6.10 Å². The molecule has 1 saturated heterocycles. The summed E-state index contributed by atoms with van der Waals surface area (Å²) in [7, 11) is 0. The molecule has 122 valence electrons. The molecule has 3 heterocycles. The molecule has 5 nitrogen and oxygen atoms in total. The summed E-state index contributed by atoms with van der Waals surface area (Å²) in [4.78, 5) is 6.27. The molecule has 24 heavy (non-hydrogen) atoms. The largest absolute Gasteiger partial charge is 0.488 e. The van der Waals surface area contributed by atoms with E-state index in [1.54, 1.807) is 23.7 Å². The van der Waals surface area contributed by atoms with Gasteiger partial charge in [0.2, 0.25) is 5.13 Å². The molecule has 1 aromatic carbocycles. The molecule has 1 aliphatic heterocycles. The van der Waals surface area contributed by atoms with Crippen LogP contribution in [0.2, 0.25) is 0 Å². The predicted octanol–water partition coefficient (Wildman–Crippen LogP) is 3.18. The first-order chi connectivity index (χ1) is 11.9. The van der Waals surface area contributed by atoms with Crippen LogP contribution in [-0.4, -0.2) is 34.4 Å². The van der Waals surface area contributed by atoms with E-state index in [2.05, 4.69) is 44.3 Å². The van der Waals surface area contributed by atoms with Crippen LogP contribution in [0.4, 0.5) is 5.13 Å². The first-order valence-electron chi connectivity index (χ1n) is 8.05. The quantitative estimate of drug-likeness (QED) is 0.715. The molecular formula is C18H18N4OS. The van der Waals surface area contributed by atoms with Gasteiger partial charge in [0.1, 0.15) is 16.9 Å². The van der Waals surface area contributed by atoms with Gasteiger partial charge in [0, 0.05) is 31.8 Å². The Balaban J connectivity index is 1.37. The molecule has 1 atom stereocenters. The van der Waals surface area contributed by atoms with Gasteiger partial charge in [-0.2, -0.15) is 0 Å². The Morgan fingerprint density at radius 3 is 2.75 bits per heavy atom. The van der Waals surface area contributed by atoms with Crippen LogP contribution in [0.1, 0.15) is 17.0 Å². The monoisotopic (exact) mass is 338 g/mol. The Bertz CT molecular complexity index is 778. The summed E-state index contributed by atoms with van der Waals surface area (Å²) in [5, 5.41) is 10.7. The number of rotatable bonds is 5. The Morgan fingerprint density at radius 1 is 1.08 bits per heavy atom. The van der Waals surface area contributed by atoms with Crippen molar-refractivity contribution in [2.45, 2.75) is 18.9 Å². The number of hydrogen-bond donors (Lipinski definition) is 0. The topological polar surface area (TPSA) is 51.1 Å². The first kappa shape index (κ1) is 15.1. The van der Waals surface area contributed by atoms with E-state index in [0.717, 1.165) is 41.8 Å². The van der Waals surface area contributed by atoms with Gasteiger partial charge in [-0.05, 0) is 17.7 Å². The predicted molar refractivity (Wildman–Crippen MR) is 94.6 cm³/mol. The molecule has 6 heteroatoms. The molecule has 0 bridgehead atoms. The summed E-state index contributed by atoms with van der Waals surface area (Å²) in [6.45, 7) is 1.80. The highest BCUT2D eigenvalue weighted by Gasteiger charge is 2.26. The summed E-state index contributed by atoms with van der Waals surface area (Å²) in [6, 6.07) is 14.2. The highest BCUT2D eigenvalue weighted by atomic mass is 32.1. The number of ether oxygens (including phenoxy) is 1. The summed E-state index contributed by atoms with van der Waals surface area (Å²) < 4.78 is 6.00. The lowest BCUT2D eigenvalue weighted by atomic mass is 10.2. The van der Waals surface area contributed by atoms with Crippen LogP contribution in [0.25, 0.3) is 0 Å². The minimum absolute atomic E-state index is 0.189. The number of anilines is 1. The minimum atomic E-state index is 0.189. The van der Waals surface area contributed by atoms with Crippen molar-refractivity contribution in [3.05, 3.63) is 65.4 Å². The zero-order valence-electron chi connectivity index (χ0n) is 13.2. The fourth-order valence-electron chi connectivity index (χ4n) is 2.82. The highest BCUT2D eigenvalue weighted by Crippen LogP contribution is 2.27. The fraction of sp³-hybridized carbons (Fsp3) is 0.278. The van der Waals surface area contributed by atoms with Crippen LogP contribution in [0.5, 0.6) is 5.75 Å². The van der Waals surface area contributed by atoms with Gasteiger partial charge in [-0.25, -0.2) is 0 Å². The smallest absolute Gasteiger partial charge is 0.208 e. The fourth-order valence-corrected chi connectivity index (χ4v) is 3.73. The number of pyridine rings is 1. The maximum atomic E-state index is 6.00. The van der Waals surface area contributed by atoms with Crippen LogP contribution in [0.3, 0.4) is 0 Å². The third-order valence-electron chi connectivity index (χ3n) is 4.02. The number of aromatic nitrogens is 3. The van der Waals surface area contributed by atoms with Crippen LogP contribution in [0.15, 0.2) is 54.9 Å². The van der Waals surface area contributed by atoms with E-state index in [1.165, 1.54) is 5.56 Å². The zero-order valence-corrected chi connectivity index (χ0v) is 14.0.